The summed E-state index contributed by atoms with van der Waals surface area (Å²) < 4.78 is 5.71. The standard InChI is InChI=1S/C15H24N2O/c1-18-15(7-10-16)8-11-17(12-9-15)13-14-5-3-2-4-6-14/h2-6H,7-13,16H2,1H3. The summed E-state index contributed by atoms with van der Waals surface area (Å²) in [6, 6.07) is 10.7. The third-order valence-electron chi connectivity index (χ3n) is 4.05. The molecule has 1 saturated heterocycles. The molecule has 1 heterocycles. The van der Waals surface area contributed by atoms with E-state index in [0.717, 1.165) is 38.9 Å². The summed E-state index contributed by atoms with van der Waals surface area (Å²) in [4.78, 5) is 2.50. The van der Waals surface area contributed by atoms with Gasteiger partial charge in [0.1, 0.15) is 0 Å². The van der Waals surface area contributed by atoms with E-state index in [2.05, 4.69) is 35.2 Å². The Bertz CT molecular complexity index is 345. The molecule has 0 radical (unpaired) electrons. The molecule has 18 heavy (non-hydrogen) atoms. The van der Waals surface area contributed by atoms with Crippen LogP contribution < -0.4 is 5.73 Å². The van der Waals surface area contributed by atoms with Crippen molar-refractivity contribution in [3.05, 3.63) is 35.9 Å². The maximum Gasteiger partial charge on any atom is 0.0715 e. The first-order valence-electron chi connectivity index (χ1n) is 6.79. The molecule has 1 aromatic carbocycles. The van der Waals surface area contributed by atoms with Gasteiger partial charge in [-0.2, -0.15) is 0 Å². The van der Waals surface area contributed by atoms with Gasteiger partial charge in [0.05, 0.1) is 5.60 Å². The fourth-order valence-corrected chi connectivity index (χ4v) is 2.78. The van der Waals surface area contributed by atoms with E-state index in [-0.39, 0.29) is 5.60 Å². The van der Waals surface area contributed by atoms with Crippen LogP contribution in [0.5, 0.6) is 0 Å². The van der Waals surface area contributed by atoms with E-state index in [4.69, 9.17) is 10.5 Å². The number of nitrogens with two attached hydrogens (primary N) is 1. The zero-order valence-electron chi connectivity index (χ0n) is 11.3. The van der Waals surface area contributed by atoms with Crippen LogP contribution in [0.3, 0.4) is 0 Å². The summed E-state index contributed by atoms with van der Waals surface area (Å²) >= 11 is 0. The SMILES string of the molecule is COC1(CCN)CCN(Cc2ccccc2)CC1. The van der Waals surface area contributed by atoms with E-state index in [1.165, 1.54) is 5.56 Å². The van der Waals surface area contributed by atoms with Crippen molar-refractivity contribution in [2.75, 3.05) is 26.7 Å². The molecule has 2 rings (SSSR count). The molecule has 0 aromatic heterocycles. The molecule has 0 spiro atoms. The minimum atomic E-state index is 0.0297. The maximum atomic E-state index is 5.71. The Morgan fingerprint density at radius 2 is 1.89 bits per heavy atom. The van der Waals surface area contributed by atoms with Gasteiger partial charge in [0.2, 0.25) is 0 Å². The molecule has 1 aliphatic rings. The molecular formula is C15H24N2O. The van der Waals surface area contributed by atoms with Crippen LogP contribution in [-0.4, -0.2) is 37.2 Å². The molecule has 3 nitrogen and oxygen atoms in total. The smallest absolute Gasteiger partial charge is 0.0715 e. The topological polar surface area (TPSA) is 38.5 Å². The van der Waals surface area contributed by atoms with Crippen molar-refractivity contribution in [2.24, 2.45) is 5.73 Å². The van der Waals surface area contributed by atoms with Crippen molar-refractivity contribution >= 4 is 0 Å². The molecule has 1 aromatic rings. The fourth-order valence-electron chi connectivity index (χ4n) is 2.78. The van der Waals surface area contributed by atoms with Crippen molar-refractivity contribution in [1.82, 2.24) is 4.90 Å². The Balaban J connectivity index is 1.86. The highest BCUT2D eigenvalue weighted by atomic mass is 16.5. The van der Waals surface area contributed by atoms with Gasteiger partial charge < -0.3 is 10.5 Å². The lowest BCUT2D eigenvalue weighted by molar-refractivity contribution is -0.0621. The van der Waals surface area contributed by atoms with E-state index in [9.17, 15) is 0 Å². The molecule has 100 valence electrons. The van der Waals surface area contributed by atoms with Crippen LogP contribution in [0.15, 0.2) is 30.3 Å². The van der Waals surface area contributed by atoms with Crippen LogP contribution in [-0.2, 0) is 11.3 Å². The van der Waals surface area contributed by atoms with E-state index in [0.29, 0.717) is 6.54 Å². The van der Waals surface area contributed by atoms with E-state index in [1.807, 2.05) is 7.11 Å². The minimum absolute atomic E-state index is 0.0297. The number of nitrogens with zero attached hydrogens (tertiary/aromatic N) is 1. The molecule has 0 bridgehead atoms. The summed E-state index contributed by atoms with van der Waals surface area (Å²) in [6.07, 6.45) is 3.16. The highest BCUT2D eigenvalue weighted by molar-refractivity contribution is 5.14. The molecule has 0 unspecified atom stereocenters. The first-order valence-corrected chi connectivity index (χ1v) is 6.79. The Kier molecular flexibility index (Phi) is 4.75. The minimum Gasteiger partial charge on any atom is -0.378 e. The molecule has 0 aliphatic carbocycles. The number of benzene rings is 1. The Morgan fingerprint density at radius 3 is 2.44 bits per heavy atom. The van der Waals surface area contributed by atoms with Crippen LogP contribution >= 0.6 is 0 Å². The van der Waals surface area contributed by atoms with Gasteiger partial charge in [-0.3, -0.25) is 4.90 Å². The lowest BCUT2D eigenvalue weighted by atomic mass is 9.87. The van der Waals surface area contributed by atoms with Gasteiger partial charge >= 0.3 is 0 Å². The number of methoxy groups -OCH3 is 1. The third-order valence-corrected chi connectivity index (χ3v) is 4.05. The normalized spacial score (nSPS) is 19.9. The lowest BCUT2D eigenvalue weighted by Crippen LogP contribution is -2.46. The number of piperidine rings is 1. The van der Waals surface area contributed by atoms with Crippen molar-refractivity contribution in [3.63, 3.8) is 0 Å². The quantitative estimate of drug-likeness (QED) is 0.866. The van der Waals surface area contributed by atoms with Crippen LogP contribution in [0, 0.1) is 0 Å². The Hall–Kier alpha value is -0.900. The number of hydrogen-bond donors (Lipinski definition) is 1. The van der Waals surface area contributed by atoms with Crippen molar-refractivity contribution in [2.45, 2.75) is 31.4 Å². The highest BCUT2D eigenvalue weighted by Crippen LogP contribution is 2.29. The summed E-state index contributed by atoms with van der Waals surface area (Å²) in [5.41, 5.74) is 7.10. The van der Waals surface area contributed by atoms with Gasteiger partial charge in [0, 0.05) is 26.7 Å². The molecule has 0 saturated carbocycles. The largest absolute Gasteiger partial charge is 0.378 e. The van der Waals surface area contributed by atoms with Crippen molar-refractivity contribution in [1.29, 1.82) is 0 Å². The lowest BCUT2D eigenvalue weighted by Gasteiger charge is -2.40. The van der Waals surface area contributed by atoms with Crippen molar-refractivity contribution < 1.29 is 4.74 Å². The molecule has 0 atom stereocenters. The summed E-state index contributed by atoms with van der Waals surface area (Å²) in [5.74, 6) is 0. The van der Waals surface area contributed by atoms with Gasteiger partial charge in [0.25, 0.3) is 0 Å². The van der Waals surface area contributed by atoms with Crippen LogP contribution in [0.2, 0.25) is 0 Å². The van der Waals surface area contributed by atoms with E-state index in [1.54, 1.807) is 0 Å². The number of likely N-dealkylation sites (tertiary alicyclic amines) is 1. The average molecular weight is 248 g/mol. The third kappa shape index (κ3) is 3.31. The second-order valence-corrected chi connectivity index (χ2v) is 5.19. The molecule has 0 amide bonds. The predicted molar refractivity (Wildman–Crippen MR) is 74.4 cm³/mol. The average Bonchev–Trinajstić information content (AvgIpc) is 2.43. The molecule has 1 fully saturated rings. The molecule has 3 heteroatoms. The molecular weight excluding hydrogens is 224 g/mol. The van der Waals surface area contributed by atoms with Gasteiger partial charge in [-0.1, -0.05) is 30.3 Å². The van der Waals surface area contributed by atoms with E-state index >= 15 is 0 Å². The van der Waals surface area contributed by atoms with Gasteiger partial charge in [-0.15, -0.1) is 0 Å². The summed E-state index contributed by atoms with van der Waals surface area (Å²) in [6.45, 7) is 3.96. The first kappa shape index (κ1) is 13.5. The number of ether oxygens (including phenoxy) is 1. The second kappa shape index (κ2) is 6.32. The number of rotatable bonds is 5. The zero-order valence-corrected chi connectivity index (χ0v) is 11.3. The van der Waals surface area contributed by atoms with Gasteiger partial charge in [-0.25, -0.2) is 0 Å². The second-order valence-electron chi connectivity index (χ2n) is 5.19. The van der Waals surface area contributed by atoms with Gasteiger partial charge in [0.15, 0.2) is 0 Å². The van der Waals surface area contributed by atoms with Crippen LogP contribution in [0.4, 0.5) is 0 Å². The van der Waals surface area contributed by atoms with Crippen molar-refractivity contribution in [3.8, 4) is 0 Å². The number of hydrogen-bond acceptors (Lipinski definition) is 3. The highest BCUT2D eigenvalue weighted by Gasteiger charge is 2.33. The Labute approximate surface area is 110 Å². The summed E-state index contributed by atoms with van der Waals surface area (Å²) in [7, 11) is 1.82. The summed E-state index contributed by atoms with van der Waals surface area (Å²) in [5, 5.41) is 0. The van der Waals surface area contributed by atoms with E-state index < -0.39 is 0 Å². The molecule has 1 aliphatic heterocycles. The molecule has 2 N–H and O–H groups in total. The zero-order chi connectivity index (χ0) is 12.8. The predicted octanol–water partition coefficient (Wildman–Crippen LogP) is 2.02. The fraction of sp³-hybridized carbons (Fsp3) is 0.600. The maximum absolute atomic E-state index is 5.71. The monoisotopic (exact) mass is 248 g/mol. The first-order chi connectivity index (χ1) is 8.78. The van der Waals surface area contributed by atoms with Gasteiger partial charge in [-0.05, 0) is 31.4 Å². The Morgan fingerprint density at radius 1 is 1.22 bits per heavy atom. The van der Waals surface area contributed by atoms with Crippen LogP contribution in [0.1, 0.15) is 24.8 Å². The van der Waals surface area contributed by atoms with Crippen LogP contribution in [0.25, 0.3) is 0 Å².